The van der Waals surface area contributed by atoms with Gasteiger partial charge in [-0.3, -0.25) is 0 Å². The molecule has 2 heteroatoms. The van der Waals surface area contributed by atoms with Crippen LogP contribution >= 0.6 is 0 Å². The third-order valence-corrected chi connectivity index (χ3v) is 9.61. The van der Waals surface area contributed by atoms with Crippen molar-refractivity contribution in [2.75, 3.05) is 0 Å². The Kier molecular flexibility index (Phi) is 7.00. The summed E-state index contributed by atoms with van der Waals surface area (Å²) in [6.45, 7) is 14.0. The van der Waals surface area contributed by atoms with Crippen LogP contribution in [0.5, 0.6) is 0 Å². The zero-order chi connectivity index (χ0) is 15.2. The number of allylic oxidation sites excluding steroid dienone is 2. The molecule has 20 heavy (non-hydrogen) atoms. The molecule has 0 amide bonds. The highest BCUT2D eigenvalue weighted by atomic mass is 28.4. The van der Waals surface area contributed by atoms with E-state index >= 15 is 0 Å². The molecule has 118 valence electrons. The number of hydrogen-bond acceptors (Lipinski definition) is 1. The minimum atomic E-state index is -1.57. The first kappa shape index (κ1) is 18.0. The first-order valence-electron chi connectivity index (χ1n) is 8.60. The molecular weight excluding hydrogens is 260 g/mol. The fourth-order valence-electron chi connectivity index (χ4n) is 2.65. The third kappa shape index (κ3) is 5.73. The first-order chi connectivity index (χ1) is 9.26. The van der Waals surface area contributed by atoms with Crippen LogP contribution in [0.15, 0.2) is 12.2 Å². The van der Waals surface area contributed by atoms with Gasteiger partial charge >= 0.3 is 0 Å². The molecule has 1 aliphatic rings. The standard InChI is InChI=1S/C18H36OSi/c1-7-8-9-10-11-12-16-13-14-17(15-16)19-20(5,6)18(2,3)4/h11-12,16-17H,7-10,13-15H2,1-6H3/b12-11+/t16-,17-/m1/s1. The molecule has 1 aliphatic carbocycles. The van der Waals surface area contributed by atoms with E-state index in [4.69, 9.17) is 4.43 Å². The van der Waals surface area contributed by atoms with Gasteiger partial charge in [0, 0.05) is 6.10 Å². The van der Waals surface area contributed by atoms with Gasteiger partial charge in [0.2, 0.25) is 0 Å². The van der Waals surface area contributed by atoms with Crippen molar-refractivity contribution in [3.8, 4) is 0 Å². The van der Waals surface area contributed by atoms with Gasteiger partial charge in [-0.05, 0) is 56.2 Å². The monoisotopic (exact) mass is 296 g/mol. The van der Waals surface area contributed by atoms with Gasteiger partial charge in [0.25, 0.3) is 0 Å². The lowest BCUT2D eigenvalue weighted by Crippen LogP contribution is -2.43. The SMILES string of the molecule is CCCCC/C=C/[C@@H]1CC[C@@H](O[Si](C)(C)C(C)(C)C)C1. The third-order valence-electron chi connectivity index (χ3n) is 5.08. The second-order valence-electron chi connectivity index (χ2n) is 8.00. The lowest BCUT2D eigenvalue weighted by molar-refractivity contribution is 0.185. The maximum Gasteiger partial charge on any atom is 0.192 e. The lowest BCUT2D eigenvalue weighted by Gasteiger charge is -2.38. The van der Waals surface area contributed by atoms with Gasteiger partial charge in [-0.1, -0.05) is 52.7 Å². The van der Waals surface area contributed by atoms with Crippen LogP contribution in [0.3, 0.4) is 0 Å². The molecule has 1 saturated carbocycles. The van der Waals surface area contributed by atoms with Gasteiger partial charge in [-0.25, -0.2) is 0 Å². The molecule has 0 aromatic carbocycles. The van der Waals surface area contributed by atoms with Gasteiger partial charge in [0.1, 0.15) is 0 Å². The molecule has 1 rings (SSSR count). The van der Waals surface area contributed by atoms with E-state index in [1.807, 2.05) is 0 Å². The molecule has 0 aromatic heterocycles. The number of rotatable bonds is 7. The molecule has 0 bridgehead atoms. The molecular formula is C18H36OSi. The summed E-state index contributed by atoms with van der Waals surface area (Å²) in [6.07, 6.45) is 14.5. The Labute approximate surface area is 128 Å². The second-order valence-corrected chi connectivity index (χ2v) is 12.8. The minimum Gasteiger partial charge on any atom is -0.414 e. The van der Waals surface area contributed by atoms with Crippen molar-refractivity contribution in [3.05, 3.63) is 12.2 Å². The summed E-state index contributed by atoms with van der Waals surface area (Å²) in [4.78, 5) is 0. The van der Waals surface area contributed by atoms with Crippen molar-refractivity contribution in [2.24, 2.45) is 5.92 Å². The summed E-state index contributed by atoms with van der Waals surface area (Å²) < 4.78 is 6.54. The predicted molar refractivity (Wildman–Crippen MR) is 92.7 cm³/mol. The Bertz CT molecular complexity index is 301. The van der Waals surface area contributed by atoms with E-state index in [0.29, 0.717) is 11.1 Å². The van der Waals surface area contributed by atoms with E-state index in [0.717, 1.165) is 5.92 Å². The molecule has 0 saturated heterocycles. The molecule has 1 nitrogen and oxygen atoms in total. The van der Waals surface area contributed by atoms with Crippen LogP contribution in [0.2, 0.25) is 18.1 Å². The Balaban J connectivity index is 2.33. The fourth-order valence-corrected chi connectivity index (χ4v) is 4.05. The summed E-state index contributed by atoms with van der Waals surface area (Å²) in [5.74, 6) is 0.770. The molecule has 0 aromatic rings. The summed E-state index contributed by atoms with van der Waals surface area (Å²) >= 11 is 0. The molecule has 0 unspecified atom stereocenters. The van der Waals surface area contributed by atoms with E-state index in [-0.39, 0.29) is 0 Å². The van der Waals surface area contributed by atoms with Crippen molar-refractivity contribution < 1.29 is 4.43 Å². The molecule has 1 fully saturated rings. The average molecular weight is 297 g/mol. The molecule has 0 heterocycles. The van der Waals surface area contributed by atoms with Crippen LogP contribution in [0, 0.1) is 5.92 Å². The number of unbranched alkanes of at least 4 members (excludes halogenated alkanes) is 3. The lowest BCUT2D eigenvalue weighted by atomic mass is 10.1. The van der Waals surface area contributed by atoms with Crippen LogP contribution < -0.4 is 0 Å². The van der Waals surface area contributed by atoms with Crippen molar-refractivity contribution in [1.82, 2.24) is 0 Å². The average Bonchev–Trinajstić information content (AvgIpc) is 2.74. The zero-order valence-electron chi connectivity index (χ0n) is 14.7. The van der Waals surface area contributed by atoms with E-state index in [1.54, 1.807) is 0 Å². The van der Waals surface area contributed by atoms with Crippen LogP contribution in [-0.4, -0.2) is 14.4 Å². The molecule has 2 atom stereocenters. The van der Waals surface area contributed by atoms with E-state index < -0.39 is 8.32 Å². The largest absolute Gasteiger partial charge is 0.414 e. The number of hydrogen-bond donors (Lipinski definition) is 0. The zero-order valence-corrected chi connectivity index (χ0v) is 15.7. The van der Waals surface area contributed by atoms with Gasteiger partial charge in [-0.15, -0.1) is 0 Å². The van der Waals surface area contributed by atoms with Gasteiger partial charge < -0.3 is 4.43 Å². The van der Waals surface area contributed by atoms with Crippen LogP contribution in [0.25, 0.3) is 0 Å². The highest BCUT2D eigenvalue weighted by molar-refractivity contribution is 6.74. The van der Waals surface area contributed by atoms with Crippen molar-refractivity contribution in [1.29, 1.82) is 0 Å². The quantitative estimate of drug-likeness (QED) is 0.304. The van der Waals surface area contributed by atoms with E-state index in [9.17, 15) is 0 Å². The van der Waals surface area contributed by atoms with Gasteiger partial charge in [0.15, 0.2) is 8.32 Å². The molecule has 0 N–H and O–H groups in total. The highest BCUT2D eigenvalue weighted by Crippen LogP contribution is 2.40. The maximum atomic E-state index is 6.54. The van der Waals surface area contributed by atoms with Crippen LogP contribution in [0.4, 0.5) is 0 Å². The van der Waals surface area contributed by atoms with Crippen molar-refractivity contribution in [3.63, 3.8) is 0 Å². The van der Waals surface area contributed by atoms with Gasteiger partial charge in [0.05, 0.1) is 0 Å². The topological polar surface area (TPSA) is 9.23 Å². The van der Waals surface area contributed by atoms with Crippen LogP contribution in [-0.2, 0) is 4.43 Å². The Morgan fingerprint density at radius 3 is 2.45 bits per heavy atom. The van der Waals surface area contributed by atoms with Crippen molar-refractivity contribution >= 4 is 8.32 Å². The Morgan fingerprint density at radius 1 is 1.15 bits per heavy atom. The Morgan fingerprint density at radius 2 is 1.85 bits per heavy atom. The van der Waals surface area contributed by atoms with E-state index in [2.05, 4.69) is 52.9 Å². The predicted octanol–water partition coefficient (Wildman–Crippen LogP) is 6.31. The minimum absolute atomic E-state index is 0.334. The van der Waals surface area contributed by atoms with Gasteiger partial charge in [-0.2, -0.15) is 0 Å². The summed E-state index contributed by atoms with van der Waals surface area (Å²) in [5, 5.41) is 0.334. The smallest absolute Gasteiger partial charge is 0.192 e. The fraction of sp³-hybridized carbons (Fsp3) is 0.889. The molecule has 0 aliphatic heterocycles. The van der Waals surface area contributed by atoms with Crippen LogP contribution in [0.1, 0.15) is 72.6 Å². The maximum absolute atomic E-state index is 6.54. The van der Waals surface area contributed by atoms with Crippen molar-refractivity contribution in [2.45, 2.75) is 96.9 Å². The summed E-state index contributed by atoms with van der Waals surface area (Å²) in [7, 11) is -1.57. The summed E-state index contributed by atoms with van der Waals surface area (Å²) in [6, 6.07) is 0. The normalized spacial score (nSPS) is 24.7. The second kappa shape index (κ2) is 7.79. The summed E-state index contributed by atoms with van der Waals surface area (Å²) in [5.41, 5.74) is 0. The van der Waals surface area contributed by atoms with E-state index in [1.165, 1.54) is 44.9 Å². The highest BCUT2D eigenvalue weighted by Gasteiger charge is 2.40. The first-order valence-corrected chi connectivity index (χ1v) is 11.5. The Hall–Kier alpha value is -0.0831. The molecule has 0 radical (unpaired) electrons. The molecule has 0 spiro atoms.